The van der Waals surface area contributed by atoms with Crippen molar-refractivity contribution in [3.8, 4) is 0 Å². The molecule has 4 heteroatoms. The van der Waals surface area contributed by atoms with Gasteiger partial charge < -0.3 is 9.53 Å². The Balaban J connectivity index is 0. The molecule has 0 bridgehead atoms. The van der Waals surface area contributed by atoms with Gasteiger partial charge in [-0.2, -0.15) is 0 Å². The molecular formula is C7H13ClO3. The fourth-order valence-corrected chi connectivity index (χ4v) is 0.277. The second-order valence-corrected chi connectivity index (χ2v) is 2.11. The molecule has 11 heavy (non-hydrogen) atoms. The number of Topliss-reactive ketones (excluding diaryl/α,β-unsaturated/α-hetero) is 1. The predicted octanol–water partition coefficient (Wildman–Crippen LogP) is 1.38. The zero-order valence-electron chi connectivity index (χ0n) is 7.02. The van der Waals surface area contributed by atoms with Gasteiger partial charge in [-0.15, -0.1) is 11.6 Å². The fraction of sp³-hybridized carbons (Fsp3) is 0.714. The Morgan fingerprint density at radius 3 is 1.82 bits per heavy atom. The molecule has 0 aliphatic rings. The van der Waals surface area contributed by atoms with Gasteiger partial charge in [-0.05, 0) is 20.8 Å². The van der Waals surface area contributed by atoms with Gasteiger partial charge in [0.05, 0.1) is 6.61 Å². The topological polar surface area (TPSA) is 43.4 Å². The van der Waals surface area contributed by atoms with Gasteiger partial charge in [-0.25, -0.2) is 0 Å². The average Bonchev–Trinajstić information content (AvgIpc) is 1.87. The molecule has 0 spiro atoms. The second-order valence-electron chi connectivity index (χ2n) is 1.85. The molecule has 0 radical (unpaired) electrons. The zero-order chi connectivity index (χ0) is 9.28. The van der Waals surface area contributed by atoms with Gasteiger partial charge in [-0.3, -0.25) is 4.79 Å². The minimum atomic E-state index is -0.357. The Morgan fingerprint density at radius 1 is 1.36 bits per heavy atom. The summed E-state index contributed by atoms with van der Waals surface area (Å²) in [6.45, 7) is 5.20. The van der Waals surface area contributed by atoms with Gasteiger partial charge in [-0.1, -0.05) is 0 Å². The van der Waals surface area contributed by atoms with Crippen molar-refractivity contribution in [2.24, 2.45) is 0 Å². The Morgan fingerprint density at radius 2 is 1.73 bits per heavy atom. The maximum atomic E-state index is 10.1. The number of ketones is 1. The highest BCUT2D eigenvalue weighted by Gasteiger charge is 1.93. The van der Waals surface area contributed by atoms with Crippen LogP contribution in [0.15, 0.2) is 0 Å². The summed E-state index contributed by atoms with van der Waals surface area (Å²) in [5, 5.41) is 0. The van der Waals surface area contributed by atoms with Gasteiger partial charge in [0.1, 0.15) is 11.7 Å². The van der Waals surface area contributed by atoms with Crippen molar-refractivity contribution in [2.75, 3.05) is 12.5 Å². The zero-order valence-corrected chi connectivity index (χ0v) is 7.77. The number of ether oxygens (including phenoxy) is 1. The van der Waals surface area contributed by atoms with Gasteiger partial charge in [0, 0.05) is 0 Å². The Kier molecular flexibility index (Phi) is 11.2. The Hall–Kier alpha value is -0.570. The summed E-state index contributed by atoms with van der Waals surface area (Å²) in [6, 6.07) is 0. The van der Waals surface area contributed by atoms with Crippen molar-refractivity contribution in [2.45, 2.75) is 20.8 Å². The van der Waals surface area contributed by atoms with Crippen LogP contribution in [0.3, 0.4) is 0 Å². The molecule has 0 aromatic rings. The van der Waals surface area contributed by atoms with E-state index < -0.39 is 0 Å². The van der Waals surface area contributed by atoms with E-state index in [4.69, 9.17) is 11.6 Å². The van der Waals surface area contributed by atoms with Crippen molar-refractivity contribution in [3.05, 3.63) is 0 Å². The number of carbonyl (C=O) groups excluding carboxylic acids is 2. The van der Waals surface area contributed by atoms with E-state index in [0.29, 0.717) is 6.61 Å². The van der Waals surface area contributed by atoms with Crippen molar-refractivity contribution in [1.29, 1.82) is 0 Å². The smallest absolute Gasteiger partial charge is 0.320 e. The van der Waals surface area contributed by atoms with Gasteiger partial charge in [0.15, 0.2) is 0 Å². The van der Waals surface area contributed by atoms with Crippen molar-refractivity contribution < 1.29 is 14.3 Å². The first-order valence-electron chi connectivity index (χ1n) is 3.23. The summed E-state index contributed by atoms with van der Waals surface area (Å²) in [5.74, 6) is -0.238. The highest BCUT2D eigenvalue weighted by atomic mass is 35.5. The summed E-state index contributed by atoms with van der Waals surface area (Å²) < 4.78 is 4.42. The van der Waals surface area contributed by atoms with Gasteiger partial charge >= 0.3 is 5.97 Å². The first kappa shape index (κ1) is 13.1. The molecule has 0 fully saturated rings. The quantitative estimate of drug-likeness (QED) is 0.477. The molecule has 0 heterocycles. The van der Waals surface area contributed by atoms with Crippen LogP contribution in [0.1, 0.15) is 20.8 Å². The molecule has 3 nitrogen and oxygen atoms in total. The predicted molar refractivity (Wildman–Crippen MR) is 43.7 cm³/mol. The normalized spacial score (nSPS) is 7.64. The summed E-state index contributed by atoms with van der Waals surface area (Å²) in [4.78, 5) is 19.5. The lowest BCUT2D eigenvalue weighted by Gasteiger charge is -1.92. The number of esters is 1. The fourth-order valence-electron chi connectivity index (χ4n) is 0.200. The molecule has 0 aromatic heterocycles. The molecule has 0 aliphatic carbocycles. The maximum absolute atomic E-state index is 10.1. The monoisotopic (exact) mass is 180 g/mol. The van der Waals surface area contributed by atoms with Crippen LogP contribution in [-0.4, -0.2) is 24.2 Å². The highest BCUT2D eigenvalue weighted by Crippen LogP contribution is 1.79. The van der Waals surface area contributed by atoms with E-state index in [1.165, 1.54) is 13.8 Å². The summed E-state index contributed by atoms with van der Waals surface area (Å²) in [6.07, 6.45) is 0. The van der Waals surface area contributed by atoms with Crippen LogP contribution >= 0.6 is 11.6 Å². The van der Waals surface area contributed by atoms with Crippen molar-refractivity contribution >= 4 is 23.4 Å². The van der Waals surface area contributed by atoms with Crippen LogP contribution in [0.2, 0.25) is 0 Å². The molecule has 0 aromatic carbocycles. The van der Waals surface area contributed by atoms with E-state index in [9.17, 15) is 9.59 Å². The van der Waals surface area contributed by atoms with Gasteiger partial charge in [0.2, 0.25) is 0 Å². The van der Waals surface area contributed by atoms with E-state index in [0.717, 1.165) is 0 Å². The number of hydrogen-bond donors (Lipinski definition) is 0. The summed E-state index contributed by atoms with van der Waals surface area (Å²) >= 11 is 5.06. The van der Waals surface area contributed by atoms with E-state index >= 15 is 0 Å². The molecule has 66 valence electrons. The second kappa shape index (κ2) is 9.43. The Bertz CT molecular complexity index is 119. The summed E-state index contributed by atoms with van der Waals surface area (Å²) in [5.41, 5.74) is 0. The molecular weight excluding hydrogens is 168 g/mol. The first-order chi connectivity index (χ1) is 5.04. The van der Waals surface area contributed by atoms with Crippen molar-refractivity contribution in [1.82, 2.24) is 0 Å². The first-order valence-corrected chi connectivity index (χ1v) is 3.76. The van der Waals surface area contributed by atoms with Crippen LogP contribution in [0.25, 0.3) is 0 Å². The minimum Gasteiger partial charge on any atom is -0.465 e. The maximum Gasteiger partial charge on any atom is 0.320 e. The van der Waals surface area contributed by atoms with Crippen LogP contribution in [0.5, 0.6) is 0 Å². The van der Waals surface area contributed by atoms with Crippen LogP contribution in [-0.2, 0) is 14.3 Å². The van der Waals surface area contributed by atoms with Crippen LogP contribution in [0.4, 0.5) is 0 Å². The third kappa shape index (κ3) is 26.5. The number of alkyl halides is 1. The molecule has 0 saturated heterocycles. The molecule has 0 rings (SSSR count). The number of carbonyl (C=O) groups is 2. The molecule has 0 amide bonds. The number of halogens is 1. The molecule has 0 unspecified atom stereocenters. The molecule has 0 aliphatic heterocycles. The van der Waals surface area contributed by atoms with Crippen molar-refractivity contribution in [3.63, 3.8) is 0 Å². The van der Waals surface area contributed by atoms with E-state index in [-0.39, 0.29) is 17.6 Å². The highest BCUT2D eigenvalue weighted by molar-refractivity contribution is 6.26. The van der Waals surface area contributed by atoms with E-state index in [1.807, 2.05) is 0 Å². The van der Waals surface area contributed by atoms with E-state index in [2.05, 4.69) is 4.74 Å². The largest absolute Gasteiger partial charge is 0.465 e. The van der Waals surface area contributed by atoms with Gasteiger partial charge in [0.25, 0.3) is 0 Å². The lowest BCUT2D eigenvalue weighted by molar-refractivity contribution is -0.140. The number of hydrogen-bond acceptors (Lipinski definition) is 3. The minimum absolute atomic E-state index is 0.0478. The van der Waals surface area contributed by atoms with Crippen LogP contribution in [0, 0.1) is 0 Å². The third-order valence-electron chi connectivity index (χ3n) is 0.414. The molecule has 0 atom stereocenters. The molecule has 0 N–H and O–H groups in total. The summed E-state index contributed by atoms with van der Waals surface area (Å²) in [7, 11) is 0. The molecule has 0 saturated carbocycles. The lowest BCUT2D eigenvalue weighted by atomic mass is 10.6. The third-order valence-corrected chi connectivity index (χ3v) is 0.633. The number of rotatable bonds is 2. The van der Waals surface area contributed by atoms with Crippen LogP contribution < -0.4 is 0 Å². The standard InChI is InChI=1S/C4H7ClO2.C3H6O/c1-2-7-4(6)3-5;1-3(2)4/h2-3H2,1H3;1-2H3. The lowest BCUT2D eigenvalue weighted by Crippen LogP contribution is -2.03. The SMILES string of the molecule is CC(C)=O.CCOC(=O)CCl. The van der Waals surface area contributed by atoms with E-state index in [1.54, 1.807) is 6.92 Å². The average molecular weight is 181 g/mol. The Labute approximate surface area is 71.7 Å².